The second-order valence-electron chi connectivity index (χ2n) is 3.93. The van der Waals surface area contributed by atoms with Gasteiger partial charge in [0.05, 0.1) is 18.4 Å². The lowest BCUT2D eigenvalue weighted by molar-refractivity contribution is 0.0600. The molecule has 0 atom stereocenters. The normalized spacial score (nSPS) is 10.0. The molecule has 0 saturated heterocycles. The maximum Gasteiger partial charge on any atom is 0.339 e. The number of aromatic nitrogens is 1. The monoisotopic (exact) mass is 260 g/mol. The third-order valence-electron chi connectivity index (χ3n) is 2.57. The molecule has 2 aromatic rings. The van der Waals surface area contributed by atoms with Gasteiger partial charge in [-0.2, -0.15) is 0 Å². The number of hydrogen-bond acceptors (Lipinski definition) is 4. The number of hydrogen-bond donors (Lipinski definition) is 1. The molecule has 5 heteroatoms. The molecule has 1 aromatic heterocycles. The van der Waals surface area contributed by atoms with Crippen LogP contribution in [-0.2, 0) is 11.3 Å². The van der Waals surface area contributed by atoms with Gasteiger partial charge in [-0.1, -0.05) is 12.1 Å². The second-order valence-corrected chi connectivity index (χ2v) is 3.93. The average Bonchev–Trinajstić information content (AvgIpc) is 2.46. The van der Waals surface area contributed by atoms with E-state index in [-0.39, 0.29) is 5.82 Å². The lowest BCUT2D eigenvalue weighted by Crippen LogP contribution is -2.04. The first-order valence-electron chi connectivity index (χ1n) is 5.71. The molecule has 1 heterocycles. The minimum absolute atomic E-state index is 0.266. The van der Waals surface area contributed by atoms with Crippen LogP contribution in [0.5, 0.6) is 0 Å². The van der Waals surface area contributed by atoms with Crippen molar-refractivity contribution in [3.8, 4) is 0 Å². The minimum atomic E-state index is -0.432. The van der Waals surface area contributed by atoms with Crippen LogP contribution < -0.4 is 5.32 Å². The molecule has 0 aliphatic heterocycles. The topological polar surface area (TPSA) is 51.2 Å². The van der Waals surface area contributed by atoms with Crippen LogP contribution in [0, 0.1) is 5.82 Å². The number of nitrogens with zero attached hydrogens (tertiary/aromatic N) is 1. The van der Waals surface area contributed by atoms with E-state index in [2.05, 4.69) is 15.0 Å². The summed E-state index contributed by atoms with van der Waals surface area (Å²) in [5.41, 5.74) is 2.02. The van der Waals surface area contributed by atoms with Gasteiger partial charge in [-0.3, -0.25) is 4.98 Å². The predicted octanol–water partition coefficient (Wildman–Crippen LogP) is 2.62. The number of pyridine rings is 1. The highest BCUT2D eigenvalue weighted by Gasteiger charge is 2.06. The molecule has 1 aromatic carbocycles. The Labute approximate surface area is 110 Å². The summed E-state index contributed by atoms with van der Waals surface area (Å²) in [6.45, 7) is 0.520. The Morgan fingerprint density at radius 1 is 1.32 bits per heavy atom. The van der Waals surface area contributed by atoms with Crippen molar-refractivity contribution in [1.29, 1.82) is 0 Å². The Hall–Kier alpha value is -2.43. The van der Waals surface area contributed by atoms with E-state index in [4.69, 9.17) is 0 Å². The molecule has 98 valence electrons. The minimum Gasteiger partial charge on any atom is -0.465 e. The molecule has 0 aliphatic carbocycles. The van der Waals surface area contributed by atoms with Crippen molar-refractivity contribution in [2.24, 2.45) is 0 Å². The van der Waals surface area contributed by atoms with Crippen LogP contribution >= 0.6 is 0 Å². The number of rotatable bonds is 4. The summed E-state index contributed by atoms with van der Waals surface area (Å²) in [4.78, 5) is 15.3. The van der Waals surface area contributed by atoms with Gasteiger partial charge in [0.25, 0.3) is 0 Å². The molecule has 1 N–H and O–H groups in total. The van der Waals surface area contributed by atoms with Gasteiger partial charge in [0.1, 0.15) is 5.82 Å². The molecule has 0 saturated carbocycles. The van der Waals surface area contributed by atoms with Gasteiger partial charge in [-0.25, -0.2) is 9.18 Å². The van der Waals surface area contributed by atoms with Gasteiger partial charge in [0, 0.05) is 18.9 Å². The Morgan fingerprint density at radius 2 is 2.05 bits per heavy atom. The fraction of sp³-hybridized carbons (Fsp3) is 0.143. The van der Waals surface area contributed by atoms with Crippen molar-refractivity contribution in [2.75, 3.05) is 12.4 Å². The highest BCUT2D eigenvalue weighted by Crippen LogP contribution is 2.11. The van der Waals surface area contributed by atoms with E-state index < -0.39 is 5.97 Å². The van der Waals surface area contributed by atoms with Crippen LogP contribution in [-0.4, -0.2) is 18.1 Å². The number of carbonyl (C=O) groups excluding carboxylic acids is 1. The maximum absolute atomic E-state index is 12.7. The van der Waals surface area contributed by atoms with Gasteiger partial charge in [0.2, 0.25) is 0 Å². The lowest BCUT2D eigenvalue weighted by Gasteiger charge is -2.07. The summed E-state index contributed by atoms with van der Waals surface area (Å²) >= 11 is 0. The summed E-state index contributed by atoms with van der Waals surface area (Å²) < 4.78 is 17.4. The van der Waals surface area contributed by atoms with E-state index in [1.54, 1.807) is 24.4 Å². The Balaban J connectivity index is 2.03. The number of ether oxygens (including phenoxy) is 1. The van der Waals surface area contributed by atoms with Gasteiger partial charge >= 0.3 is 5.97 Å². The van der Waals surface area contributed by atoms with Crippen LogP contribution in [0.15, 0.2) is 42.7 Å². The number of carbonyl (C=O) groups is 1. The number of anilines is 1. The molecule has 0 fully saturated rings. The van der Waals surface area contributed by atoms with Crippen LogP contribution in [0.1, 0.15) is 15.9 Å². The quantitative estimate of drug-likeness (QED) is 0.858. The lowest BCUT2D eigenvalue weighted by atomic mass is 10.2. The van der Waals surface area contributed by atoms with Crippen LogP contribution in [0.25, 0.3) is 0 Å². The van der Waals surface area contributed by atoms with E-state index in [9.17, 15) is 9.18 Å². The predicted molar refractivity (Wildman–Crippen MR) is 69.3 cm³/mol. The fourth-order valence-electron chi connectivity index (χ4n) is 1.57. The van der Waals surface area contributed by atoms with Crippen LogP contribution in [0.2, 0.25) is 0 Å². The standard InChI is InChI=1S/C14H13FN2O2/c1-19-14(18)11-6-13(9-16-8-11)17-7-10-2-4-12(15)5-3-10/h2-6,8-9,17H,7H2,1H3. The van der Waals surface area contributed by atoms with E-state index in [0.717, 1.165) is 5.56 Å². The van der Waals surface area contributed by atoms with Crippen LogP contribution in [0.4, 0.5) is 10.1 Å². The molecule has 0 aliphatic rings. The van der Waals surface area contributed by atoms with Crippen molar-refractivity contribution in [3.05, 3.63) is 59.7 Å². The number of nitrogens with one attached hydrogen (secondary N) is 1. The molecule has 0 radical (unpaired) electrons. The Bertz CT molecular complexity index is 570. The number of methoxy groups -OCH3 is 1. The third kappa shape index (κ3) is 3.51. The first kappa shape index (κ1) is 13.0. The molecule has 4 nitrogen and oxygen atoms in total. The van der Waals surface area contributed by atoms with Gasteiger partial charge < -0.3 is 10.1 Å². The van der Waals surface area contributed by atoms with E-state index in [1.807, 2.05) is 0 Å². The molecular formula is C14H13FN2O2. The van der Waals surface area contributed by atoms with Crippen molar-refractivity contribution >= 4 is 11.7 Å². The molecule has 0 amide bonds. The summed E-state index contributed by atoms with van der Waals surface area (Å²) in [6, 6.07) is 7.85. The average molecular weight is 260 g/mol. The second kappa shape index (κ2) is 5.95. The highest BCUT2D eigenvalue weighted by atomic mass is 19.1. The fourth-order valence-corrected chi connectivity index (χ4v) is 1.57. The molecule has 19 heavy (non-hydrogen) atoms. The molecular weight excluding hydrogens is 247 g/mol. The summed E-state index contributed by atoms with van der Waals surface area (Å²) in [5.74, 6) is -0.698. The number of esters is 1. The Kier molecular flexibility index (Phi) is 4.07. The maximum atomic E-state index is 12.7. The molecule has 0 spiro atoms. The first-order valence-corrected chi connectivity index (χ1v) is 5.71. The smallest absolute Gasteiger partial charge is 0.339 e. The molecule has 2 rings (SSSR count). The van der Waals surface area contributed by atoms with E-state index in [0.29, 0.717) is 17.8 Å². The zero-order chi connectivity index (χ0) is 13.7. The van der Waals surface area contributed by atoms with E-state index in [1.165, 1.54) is 25.4 Å². The summed E-state index contributed by atoms with van der Waals surface area (Å²) in [7, 11) is 1.32. The summed E-state index contributed by atoms with van der Waals surface area (Å²) in [6.07, 6.45) is 3.05. The highest BCUT2D eigenvalue weighted by molar-refractivity contribution is 5.89. The van der Waals surface area contributed by atoms with Gasteiger partial charge in [-0.15, -0.1) is 0 Å². The zero-order valence-corrected chi connectivity index (χ0v) is 10.4. The largest absolute Gasteiger partial charge is 0.465 e. The van der Waals surface area contributed by atoms with E-state index >= 15 is 0 Å². The molecule has 0 unspecified atom stereocenters. The number of halogens is 1. The zero-order valence-electron chi connectivity index (χ0n) is 10.4. The number of benzene rings is 1. The van der Waals surface area contributed by atoms with Crippen LogP contribution in [0.3, 0.4) is 0 Å². The third-order valence-corrected chi connectivity index (χ3v) is 2.57. The van der Waals surface area contributed by atoms with Crippen molar-refractivity contribution in [3.63, 3.8) is 0 Å². The Morgan fingerprint density at radius 3 is 2.74 bits per heavy atom. The van der Waals surface area contributed by atoms with Gasteiger partial charge in [0.15, 0.2) is 0 Å². The van der Waals surface area contributed by atoms with Crippen molar-refractivity contribution in [1.82, 2.24) is 4.98 Å². The van der Waals surface area contributed by atoms with Crippen molar-refractivity contribution in [2.45, 2.75) is 6.54 Å². The first-order chi connectivity index (χ1) is 9.19. The summed E-state index contributed by atoms with van der Waals surface area (Å²) in [5, 5.41) is 3.11. The molecule has 0 bridgehead atoms. The SMILES string of the molecule is COC(=O)c1cncc(NCc2ccc(F)cc2)c1. The van der Waals surface area contributed by atoms with Crippen molar-refractivity contribution < 1.29 is 13.9 Å². The van der Waals surface area contributed by atoms with Gasteiger partial charge in [-0.05, 0) is 23.8 Å².